The molecule has 1 fully saturated rings. The van der Waals surface area contributed by atoms with Crippen molar-refractivity contribution < 1.29 is 14.6 Å². The quantitative estimate of drug-likeness (QED) is 0.778. The van der Waals surface area contributed by atoms with E-state index in [1.807, 2.05) is 7.05 Å². The zero-order valence-corrected chi connectivity index (χ0v) is 10.5. The molecule has 3 atom stereocenters. The van der Waals surface area contributed by atoms with Gasteiger partial charge in [0.2, 0.25) is 0 Å². The molecule has 4 heteroatoms. The van der Waals surface area contributed by atoms with Crippen LogP contribution in [0.1, 0.15) is 32.6 Å². The summed E-state index contributed by atoms with van der Waals surface area (Å²) >= 11 is 0. The van der Waals surface area contributed by atoms with Gasteiger partial charge in [-0.25, -0.2) is 0 Å². The fraction of sp³-hybridized carbons (Fsp3) is 0.917. The van der Waals surface area contributed by atoms with Crippen molar-refractivity contribution in [2.75, 3.05) is 20.7 Å². The number of ether oxygens (including phenoxy) is 1. The molecule has 0 saturated heterocycles. The first kappa shape index (κ1) is 13.5. The maximum absolute atomic E-state index is 10.8. The largest absolute Gasteiger partial charge is 0.481 e. The second kappa shape index (κ2) is 6.21. The van der Waals surface area contributed by atoms with Crippen molar-refractivity contribution in [2.24, 2.45) is 5.92 Å². The smallest absolute Gasteiger partial charge is 0.307 e. The first-order valence-electron chi connectivity index (χ1n) is 6.02. The molecular formula is C12H23NO3. The van der Waals surface area contributed by atoms with Crippen LogP contribution >= 0.6 is 0 Å². The summed E-state index contributed by atoms with van der Waals surface area (Å²) < 4.78 is 5.48. The number of hydrogen-bond donors (Lipinski definition) is 1. The molecule has 0 aliphatic heterocycles. The number of nitrogens with zero attached hydrogens (tertiary/aromatic N) is 1. The Balaban J connectivity index is 2.50. The average molecular weight is 229 g/mol. The minimum atomic E-state index is -0.725. The molecule has 1 rings (SSSR count). The van der Waals surface area contributed by atoms with Gasteiger partial charge in [-0.05, 0) is 19.9 Å². The van der Waals surface area contributed by atoms with Crippen LogP contribution in [0.4, 0.5) is 0 Å². The van der Waals surface area contributed by atoms with Gasteiger partial charge >= 0.3 is 5.97 Å². The summed E-state index contributed by atoms with van der Waals surface area (Å²) in [4.78, 5) is 13.0. The number of hydrogen-bond acceptors (Lipinski definition) is 3. The van der Waals surface area contributed by atoms with E-state index in [9.17, 15) is 4.79 Å². The molecule has 0 aromatic heterocycles. The van der Waals surface area contributed by atoms with Crippen molar-refractivity contribution in [3.05, 3.63) is 0 Å². The van der Waals surface area contributed by atoms with Crippen LogP contribution in [-0.2, 0) is 9.53 Å². The number of methoxy groups -OCH3 is 1. The number of carboxylic acids is 1. The average Bonchev–Trinajstić information content (AvgIpc) is 2.28. The third-order valence-corrected chi connectivity index (χ3v) is 3.52. The lowest BCUT2D eigenvalue weighted by Crippen LogP contribution is -2.46. The van der Waals surface area contributed by atoms with Crippen molar-refractivity contribution in [3.8, 4) is 0 Å². The third-order valence-electron chi connectivity index (χ3n) is 3.52. The van der Waals surface area contributed by atoms with Crippen molar-refractivity contribution in [2.45, 2.75) is 44.8 Å². The molecule has 94 valence electrons. The van der Waals surface area contributed by atoms with Gasteiger partial charge in [-0.2, -0.15) is 0 Å². The molecule has 0 amide bonds. The molecule has 1 aliphatic rings. The van der Waals surface area contributed by atoms with Crippen molar-refractivity contribution in [1.82, 2.24) is 4.90 Å². The van der Waals surface area contributed by atoms with Gasteiger partial charge in [-0.1, -0.05) is 19.8 Å². The molecule has 0 radical (unpaired) electrons. The molecule has 0 spiro atoms. The van der Waals surface area contributed by atoms with Crippen LogP contribution in [0.2, 0.25) is 0 Å². The summed E-state index contributed by atoms with van der Waals surface area (Å²) in [5.41, 5.74) is 0. The van der Waals surface area contributed by atoms with Gasteiger partial charge in [0.15, 0.2) is 0 Å². The van der Waals surface area contributed by atoms with Gasteiger partial charge in [0.05, 0.1) is 12.0 Å². The number of carbonyl (C=O) groups is 1. The first-order chi connectivity index (χ1) is 7.56. The Morgan fingerprint density at radius 1 is 1.50 bits per heavy atom. The van der Waals surface area contributed by atoms with E-state index in [2.05, 4.69) is 4.90 Å². The molecule has 0 bridgehead atoms. The monoisotopic (exact) mass is 229 g/mol. The van der Waals surface area contributed by atoms with Gasteiger partial charge in [-0.3, -0.25) is 9.69 Å². The Bertz CT molecular complexity index is 232. The van der Waals surface area contributed by atoms with Crippen molar-refractivity contribution in [3.63, 3.8) is 0 Å². The van der Waals surface area contributed by atoms with E-state index >= 15 is 0 Å². The molecule has 3 unspecified atom stereocenters. The Kier molecular flexibility index (Phi) is 5.22. The SMILES string of the molecule is COC1CCCCC1N(C)CC(C)C(=O)O. The van der Waals surface area contributed by atoms with Gasteiger partial charge in [0.25, 0.3) is 0 Å². The van der Waals surface area contributed by atoms with Crippen molar-refractivity contribution >= 4 is 5.97 Å². The lowest BCUT2D eigenvalue weighted by Gasteiger charge is -2.37. The van der Waals surface area contributed by atoms with E-state index in [-0.39, 0.29) is 12.0 Å². The fourth-order valence-electron chi connectivity index (χ4n) is 2.50. The normalized spacial score (nSPS) is 28.0. The minimum Gasteiger partial charge on any atom is -0.481 e. The molecule has 0 aromatic rings. The van der Waals surface area contributed by atoms with E-state index in [1.165, 1.54) is 12.8 Å². The minimum absolute atomic E-state index is 0.264. The Labute approximate surface area is 97.6 Å². The van der Waals surface area contributed by atoms with Crippen LogP contribution in [0.25, 0.3) is 0 Å². The lowest BCUT2D eigenvalue weighted by molar-refractivity contribution is -0.142. The van der Waals surface area contributed by atoms with Crippen LogP contribution in [0.15, 0.2) is 0 Å². The number of carboxylic acid groups (broad SMARTS) is 1. The van der Waals surface area contributed by atoms with Crippen LogP contribution < -0.4 is 0 Å². The predicted molar refractivity (Wildman–Crippen MR) is 62.5 cm³/mol. The van der Waals surface area contributed by atoms with E-state index in [4.69, 9.17) is 9.84 Å². The third kappa shape index (κ3) is 3.46. The molecule has 1 N–H and O–H groups in total. The standard InChI is InChI=1S/C12H23NO3/c1-9(12(14)15)8-13(2)10-6-4-5-7-11(10)16-3/h9-11H,4-8H2,1-3H3,(H,14,15). The molecular weight excluding hydrogens is 206 g/mol. The predicted octanol–water partition coefficient (Wildman–Crippen LogP) is 1.60. The van der Waals surface area contributed by atoms with Gasteiger partial charge in [0, 0.05) is 19.7 Å². The summed E-state index contributed by atoms with van der Waals surface area (Å²) in [6.45, 7) is 2.35. The van der Waals surface area contributed by atoms with Crippen LogP contribution in [0.5, 0.6) is 0 Å². The van der Waals surface area contributed by atoms with E-state index < -0.39 is 5.97 Å². The number of aliphatic carboxylic acids is 1. The van der Waals surface area contributed by atoms with E-state index in [0.29, 0.717) is 12.6 Å². The van der Waals surface area contributed by atoms with Crippen LogP contribution in [0.3, 0.4) is 0 Å². The Morgan fingerprint density at radius 2 is 2.12 bits per heavy atom. The second-order valence-corrected chi connectivity index (χ2v) is 4.80. The van der Waals surface area contributed by atoms with Crippen LogP contribution in [0, 0.1) is 5.92 Å². The highest BCUT2D eigenvalue weighted by Gasteiger charge is 2.29. The van der Waals surface area contributed by atoms with Gasteiger partial charge in [0.1, 0.15) is 0 Å². The van der Waals surface area contributed by atoms with Gasteiger partial charge in [-0.15, -0.1) is 0 Å². The Morgan fingerprint density at radius 3 is 2.69 bits per heavy atom. The highest BCUT2D eigenvalue weighted by atomic mass is 16.5. The molecule has 16 heavy (non-hydrogen) atoms. The van der Waals surface area contributed by atoms with E-state index in [0.717, 1.165) is 12.8 Å². The summed E-state index contributed by atoms with van der Waals surface area (Å²) in [7, 11) is 3.75. The fourth-order valence-corrected chi connectivity index (χ4v) is 2.50. The van der Waals surface area contributed by atoms with E-state index in [1.54, 1.807) is 14.0 Å². The highest BCUT2D eigenvalue weighted by molar-refractivity contribution is 5.69. The molecule has 0 heterocycles. The summed E-state index contributed by atoms with van der Waals surface area (Å²) in [6, 6.07) is 0.376. The topological polar surface area (TPSA) is 49.8 Å². The first-order valence-corrected chi connectivity index (χ1v) is 6.02. The van der Waals surface area contributed by atoms with Crippen LogP contribution in [-0.4, -0.2) is 48.8 Å². The lowest BCUT2D eigenvalue weighted by atomic mass is 9.91. The zero-order valence-electron chi connectivity index (χ0n) is 10.5. The molecule has 4 nitrogen and oxygen atoms in total. The summed E-state index contributed by atoms with van der Waals surface area (Å²) in [5, 5.41) is 8.89. The summed E-state index contributed by atoms with van der Waals surface area (Å²) in [5.74, 6) is -1.04. The molecule has 1 saturated carbocycles. The maximum atomic E-state index is 10.8. The summed E-state index contributed by atoms with van der Waals surface area (Å²) in [6.07, 6.45) is 4.90. The Hall–Kier alpha value is -0.610. The zero-order chi connectivity index (χ0) is 12.1. The molecule has 1 aliphatic carbocycles. The highest BCUT2D eigenvalue weighted by Crippen LogP contribution is 2.24. The number of likely N-dealkylation sites (N-methyl/N-ethyl adjacent to an activating group) is 1. The maximum Gasteiger partial charge on any atom is 0.307 e. The second-order valence-electron chi connectivity index (χ2n) is 4.80. The van der Waals surface area contributed by atoms with Crippen molar-refractivity contribution in [1.29, 1.82) is 0 Å². The van der Waals surface area contributed by atoms with Gasteiger partial charge < -0.3 is 9.84 Å². The molecule has 0 aromatic carbocycles. The number of rotatable bonds is 5.